The van der Waals surface area contributed by atoms with Gasteiger partial charge < -0.3 is 15.5 Å². The third-order valence-corrected chi connectivity index (χ3v) is 7.10. The molecule has 7 nitrogen and oxygen atoms in total. The van der Waals surface area contributed by atoms with Gasteiger partial charge in [-0.15, -0.1) is 0 Å². The molecule has 2 aliphatic heterocycles. The maximum absolute atomic E-state index is 13.4. The second kappa shape index (κ2) is 9.94. The molecule has 4 rings (SSSR count). The van der Waals surface area contributed by atoms with Crippen molar-refractivity contribution in [2.24, 2.45) is 23.5 Å². The van der Waals surface area contributed by atoms with E-state index in [1.54, 1.807) is 29.4 Å². The van der Waals surface area contributed by atoms with Crippen LogP contribution in [0.2, 0.25) is 0 Å². The van der Waals surface area contributed by atoms with Crippen LogP contribution in [0.5, 0.6) is 0 Å². The summed E-state index contributed by atoms with van der Waals surface area (Å²) in [5.74, 6) is -0.943. The summed E-state index contributed by atoms with van der Waals surface area (Å²) < 4.78 is 40.3. The highest BCUT2D eigenvalue weighted by Gasteiger charge is 2.43. The van der Waals surface area contributed by atoms with E-state index in [2.05, 4.69) is 4.98 Å². The molecule has 10 heteroatoms. The number of pyridine rings is 1. The number of anilines is 1. The van der Waals surface area contributed by atoms with E-state index in [0.29, 0.717) is 38.2 Å². The zero-order chi connectivity index (χ0) is 25.2. The first-order valence-corrected chi connectivity index (χ1v) is 11.5. The summed E-state index contributed by atoms with van der Waals surface area (Å²) in [7, 11) is 0. The Morgan fingerprint density at radius 1 is 1.17 bits per heavy atom. The molecule has 0 saturated carbocycles. The third kappa shape index (κ3) is 5.39. The Morgan fingerprint density at radius 3 is 2.51 bits per heavy atom. The first-order valence-electron chi connectivity index (χ1n) is 11.5. The molecule has 35 heavy (non-hydrogen) atoms. The summed E-state index contributed by atoms with van der Waals surface area (Å²) in [5, 5.41) is 9.05. The zero-order valence-corrected chi connectivity index (χ0v) is 19.0. The number of nitrogens with two attached hydrogens (primary N) is 1. The topological polar surface area (TPSA) is 103 Å². The van der Waals surface area contributed by atoms with E-state index in [1.807, 2.05) is 11.0 Å². The maximum atomic E-state index is 13.4. The molecule has 2 unspecified atom stereocenters. The minimum Gasteiger partial charge on any atom is -0.370 e. The molecule has 2 fully saturated rings. The van der Waals surface area contributed by atoms with Gasteiger partial charge >= 0.3 is 6.18 Å². The summed E-state index contributed by atoms with van der Waals surface area (Å²) in [6.45, 7) is 1.73. The average Bonchev–Trinajstić information content (AvgIpc) is 3.30. The first kappa shape index (κ1) is 24.5. The van der Waals surface area contributed by atoms with Crippen LogP contribution in [-0.4, -0.2) is 47.9 Å². The monoisotopic (exact) mass is 485 g/mol. The van der Waals surface area contributed by atoms with Crippen molar-refractivity contribution in [2.45, 2.75) is 25.4 Å². The molecule has 0 aliphatic carbocycles. The Hall–Kier alpha value is -3.61. The van der Waals surface area contributed by atoms with Gasteiger partial charge in [-0.25, -0.2) is 0 Å². The van der Waals surface area contributed by atoms with Crippen molar-refractivity contribution in [3.05, 3.63) is 59.4 Å². The molecule has 2 N–H and O–H groups in total. The number of primary amides is 1. The number of hydrogen-bond donors (Lipinski definition) is 1. The average molecular weight is 486 g/mol. The molecule has 2 atom stereocenters. The largest absolute Gasteiger partial charge is 0.417 e. The quantitative estimate of drug-likeness (QED) is 0.701. The van der Waals surface area contributed by atoms with Gasteiger partial charge in [0.25, 0.3) is 0 Å². The predicted octanol–water partition coefficient (Wildman–Crippen LogP) is 2.99. The van der Waals surface area contributed by atoms with Crippen molar-refractivity contribution in [1.29, 1.82) is 5.26 Å². The van der Waals surface area contributed by atoms with Gasteiger partial charge in [-0.1, -0.05) is 6.07 Å². The number of amides is 2. The lowest BCUT2D eigenvalue weighted by Crippen LogP contribution is -2.43. The van der Waals surface area contributed by atoms with Crippen molar-refractivity contribution in [2.75, 3.05) is 31.1 Å². The van der Waals surface area contributed by atoms with Crippen molar-refractivity contribution < 1.29 is 22.8 Å². The van der Waals surface area contributed by atoms with E-state index < -0.39 is 29.1 Å². The standard InChI is InChI=1S/C25H26F3N5O2/c26-25(27,28)22-11-19(4-3-18(22)12-29)33-14-20(21(15-33)24(30)35)17-5-8-32(9-6-17)23(34)10-16-2-1-7-31-13-16/h1-4,7,11,13,17,20-21H,5-6,8-10,14-15H2,(H2,30,35). The van der Waals surface area contributed by atoms with Crippen LogP contribution in [0.4, 0.5) is 18.9 Å². The minimum atomic E-state index is -4.65. The molecule has 2 amide bonds. The zero-order valence-electron chi connectivity index (χ0n) is 19.0. The smallest absolute Gasteiger partial charge is 0.370 e. The van der Waals surface area contributed by atoms with Gasteiger partial charge in [0.15, 0.2) is 0 Å². The van der Waals surface area contributed by atoms with Gasteiger partial charge in [-0.2, -0.15) is 18.4 Å². The molecule has 0 bridgehead atoms. The molecular formula is C25H26F3N5O2. The molecule has 0 radical (unpaired) electrons. The normalized spacial score (nSPS) is 21.1. The molecule has 3 heterocycles. The van der Waals surface area contributed by atoms with E-state index in [0.717, 1.165) is 17.7 Å². The summed E-state index contributed by atoms with van der Waals surface area (Å²) in [6.07, 6.45) is 0.340. The molecular weight excluding hydrogens is 459 g/mol. The number of alkyl halides is 3. The van der Waals surface area contributed by atoms with Gasteiger partial charge in [0.1, 0.15) is 0 Å². The van der Waals surface area contributed by atoms with Crippen molar-refractivity contribution >= 4 is 17.5 Å². The Kier molecular flexibility index (Phi) is 6.96. The van der Waals surface area contributed by atoms with Gasteiger partial charge in [0, 0.05) is 44.3 Å². The van der Waals surface area contributed by atoms with Gasteiger partial charge in [-0.05, 0) is 54.5 Å². The number of piperidine rings is 1. The van der Waals surface area contributed by atoms with E-state index in [1.165, 1.54) is 6.07 Å². The number of hydrogen-bond acceptors (Lipinski definition) is 5. The van der Waals surface area contributed by atoms with Crippen LogP contribution < -0.4 is 10.6 Å². The van der Waals surface area contributed by atoms with Crippen LogP contribution in [0.15, 0.2) is 42.7 Å². The maximum Gasteiger partial charge on any atom is 0.417 e. The number of carbonyl (C=O) groups is 2. The summed E-state index contributed by atoms with van der Waals surface area (Å²) in [5.41, 5.74) is 5.42. The fourth-order valence-electron chi connectivity index (χ4n) is 5.25. The van der Waals surface area contributed by atoms with Crippen LogP contribution in [0, 0.1) is 29.1 Å². The Balaban J connectivity index is 1.44. The number of nitriles is 1. The fraction of sp³-hybridized carbons (Fsp3) is 0.440. The summed E-state index contributed by atoms with van der Waals surface area (Å²) >= 11 is 0. The first-order chi connectivity index (χ1) is 16.7. The highest BCUT2D eigenvalue weighted by atomic mass is 19.4. The number of likely N-dealkylation sites (tertiary alicyclic amines) is 1. The van der Waals surface area contributed by atoms with Gasteiger partial charge in [-0.3, -0.25) is 14.6 Å². The lowest BCUT2D eigenvalue weighted by molar-refractivity contribution is -0.137. The lowest BCUT2D eigenvalue weighted by atomic mass is 9.78. The van der Waals surface area contributed by atoms with Crippen LogP contribution in [0.3, 0.4) is 0 Å². The predicted molar refractivity (Wildman–Crippen MR) is 122 cm³/mol. The molecule has 2 saturated heterocycles. The second-order valence-electron chi connectivity index (χ2n) is 9.17. The van der Waals surface area contributed by atoms with Crippen LogP contribution in [0.25, 0.3) is 0 Å². The lowest BCUT2D eigenvalue weighted by Gasteiger charge is -2.36. The Morgan fingerprint density at radius 2 is 1.91 bits per heavy atom. The molecule has 2 aliphatic rings. The Labute approximate surface area is 201 Å². The number of rotatable bonds is 5. The number of benzene rings is 1. The third-order valence-electron chi connectivity index (χ3n) is 7.10. The van der Waals surface area contributed by atoms with Crippen molar-refractivity contribution in [1.82, 2.24) is 9.88 Å². The number of carbonyl (C=O) groups excluding carboxylic acids is 2. The van der Waals surface area contributed by atoms with Crippen LogP contribution in [0.1, 0.15) is 29.5 Å². The number of halogens is 3. The van der Waals surface area contributed by atoms with Gasteiger partial charge in [0.2, 0.25) is 11.8 Å². The van der Waals surface area contributed by atoms with E-state index in [-0.39, 0.29) is 30.7 Å². The molecule has 1 aromatic carbocycles. The van der Waals surface area contributed by atoms with E-state index in [4.69, 9.17) is 11.0 Å². The number of aromatic nitrogens is 1. The van der Waals surface area contributed by atoms with Crippen molar-refractivity contribution in [3.63, 3.8) is 0 Å². The van der Waals surface area contributed by atoms with Crippen LogP contribution in [-0.2, 0) is 22.2 Å². The minimum absolute atomic E-state index is 0.0215. The fourth-order valence-corrected chi connectivity index (χ4v) is 5.25. The Bertz CT molecular complexity index is 1120. The van der Waals surface area contributed by atoms with E-state index >= 15 is 0 Å². The number of nitrogens with zero attached hydrogens (tertiary/aromatic N) is 4. The molecule has 2 aromatic rings. The van der Waals surface area contributed by atoms with Gasteiger partial charge in [0.05, 0.1) is 29.5 Å². The van der Waals surface area contributed by atoms with Crippen LogP contribution >= 0.6 is 0 Å². The van der Waals surface area contributed by atoms with E-state index in [9.17, 15) is 22.8 Å². The molecule has 1 aromatic heterocycles. The highest BCUT2D eigenvalue weighted by molar-refractivity contribution is 5.79. The highest BCUT2D eigenvalue weighted by Crippen LogP contribution is 2.40. The summed E-state index contributed by atoms with van der Waals surface area (Å²) in [6, 6.07) is 8.85. The SMILES string of the molecule is N#Cc1ccc(N2CC(C(N)=O)C(C3CCN(C(=O)Cc4cccnc4)CC3)C2)cc1C(F)(F)F. The van der Waals surface area contributed by atoms with Crippen molar-refractivity contribution in [3.8, 4) is 6.07 Å². The summed E-state index contributed by atoms with van der Waals surface area (Å²) in [4.78, 5) is 32.5. The second-order valence-corrected chi connectivity index (χ2v) is 9.17. The molecule has 184 valence electrons. The molecule has 0 spiro atoms.